The molecule has 8 heteroatoms. The first-order valence-electron chi connectivity index (χ1n) is 5.89. The Bertz CT molecular complexity index is 736. The smallest absolute Gasteiger partial charge is 0.354 e. The van der Waals surface area contributed by atoms with Gasteiger partial charge in [-0.2, -0.15) is 5.10 Å². The first kappa shape index (κ1) is 12.2. The minimum atomic E-state index is -1.11. The van der Waals surface area contributed by atoms with Crippen molar-refractivity contribution in [2.75, 3.05) is 11.4 Å². The molecule has 1 aliphatic rings. The van der Waals surface area contributed by atoms with Gasteiger partial charge in [-0.15, -0.1) is 0 Å². The van der Waals surface area contributed by atoms with Gasteiger partial charge in [-0.05, 0) is 18.2 Å². The van der Waals surface area contributed by atoms with E-state index in [0.29, 0.717) is 11.2 Å². The SMILES string of the molecule is O=C1CCN(c2ccc(C(=O)O)n3nccc23)C(=O)N1. The summed E-state index contributed by atoms with van der Waals surface area (Å²) in [5.74, 6) is -1.43. The standard InChI is InChI=1S/C12H10N4O4/c17-10-4-6-15(12(20)14-10)7-1-2-9(11(18)19)16-8(7)3-5-13-16/h1-3,5H,4,6H2,(H,18,19)(H,14,17,20). The summed E-state index contributed by atoms with van der Waals surface area (Å²) in [6, 6.07) is 4.01. The minimum Gasteiger partial charge on any atom is -0.477 e. The van der Waals surface area contributed by atoms with Gasteiger partial charge in [0.25, 0.3) is 0 Å². The first-order chi connectivity index (χ1) is 9.58. The molecule has 2 N–H and O–H groups in total. The number of fused-ring (bicyclic) bond motifs is 1. The molecule has 0 atom stereocenters. The number of amides is 3. The molecule has 1 saturated heterocycles. The van der Waals surface area contributed by atoms with Gasteiger partial charge in [0.1, 0.15) is 0 Å². The van der Waals surface area contributed by atoms with Crippen LogP contribution in [0.5, 0.6) is 0 Å². The van der Waals surface area contributed by atoms with Gasteiger partial charge in [0, 0.05) is 13.0 Å². The predicted octanol–water partition coefficient (Wildman–Crippen LogP) is 0.479. The van der Waals surface area contributed by atoms with Crippen molar-refractivity contribution in [2.24, 2.45) is 0 Å². The Morgan fingerprint density at radius 1 is 1.30 bits per heavy atom. The third-order valence-electron chi connectivity index (χ3n) is 3.10. The normalized spacial score (nSPS) is 15.5. The molecule has 2 aromatic rings. The van der Waals surface area contributed by atoms with Crippen molar-refractivity contribution in [1.29, 1.82) is 0 Å². The van der Waals surface area contributed by atoms with E-state index in [0.717, 1.165) is 0 Å². The number of hydrogen-bond donors (Lipinski definition) is 2. The second-order valence-electron chi connectivity index (χ2n) is 4.29. The number of anilines is 1. The Balaban J connectivity index is 2.11. The summed E-state index contributed by atoms with van der Waals surface area (Å²) in [5.41, 5.74) is 1.01. The van der Waals surface area contributed by atoms with Gasteiger partial charge in [-0.1, -0.05) is 0 Å². The van der Waals surface area contributed by atoms with Gasteiger partial charge >= 0.3 is 12.0 Å². The van der Waals surface area contributed by atoms with Crippen LogP contribution in [-0.2, 0) is 4.79 Å². The van der Waals surface area contributed by atoms with Crippen molar-refractivity contribution < 1.29 is 19.5 Å². The van der Waals surface area contributed by atoms with E-state index in [1.807, 2.05) is 0 Å². The molecule has 3 heterocycles. The summed E-state index contributed by atoms with van der Waals surface area (Å²) in [7, 11) is 0. The Labute approximate surface area is 112 Å². The number of nitrogens with zero attached hydrogens (tertiary/aromatic N) is 3. The fourth-order valence-corrected chi connectivity index (χ4v) is 2.19. The third-order valence-corrected chi connectivity index (χ3v) is 3.10. The van der Waals surface area contributed by atoms with Crippen molar-refractivity contribution in [1.82, 2.24) is 14.9 Å². The summed E-state index contributed by atoms with van der Waals surface area (Å²) < 4.78 is 1.25. The van der Waals surface area contributed by atoms with Crippen LogP contribution in [0.25, 0.3) is 5.52 Å². The number of urea groups is 1. The zero-order valence-corrected chi connectivity index (χ0v) is 10.2. The van der Waals surface area contributed by atoms with Gasteiger partial charge in [0.15, 0.2) is 5.69 Å². The Morgan fingerprint density at radius 3 is 2.80 bits per heavy atom. The van der Waals surface area contributed by atoms with Crippen molar-refractivity contribution >= 4 is 29.1 Å². The van der Waals surface area contributed by atoms with Crippen molar-refractivity contribution in [2.45, 2.75) is 6.42 Å². The van der Waals surface area contributed by atoms with Gasteiger partial charge in [-0.25, -0.2) is 14.1 Å². The lowest BCUT2D eigenvalue weighted by molar-refractivity contribution is -0.120. The zero-order valence-electron chi connectivity index (χ0n) is 10.2. The maximum absolute atomic E-state index is 11.8. The number of pyridine rings is 1. The number of aromatic carboxylic acids is 1. The van der Waals surface area contributed by atoms with Gasteiger partial charge in [0.05, 0.1) is 17.4 Å². The maximum Gasteiger partial charge on any atom is 0.354 e. The van der Waals surface area contributed by atoms with E-state index in [1.165, 1.54) is 27.7 Å². The van der Waals surface area contributed by atoms with Crippen LogP contribution in [0.4, 0.5) is 10.5 Å². The lowest BCUT2D eigenvalue weighted by Crippen LogP contribution is -2.49. The van der Waals surface area contributed by atoms with E-state index in [1.54, 1.807) is 6.07 Å². The van der Waals surface area contributed by atoms with Crippen molar-refractivity contribution in [3.63, 3.8) is 0 Å². The number of carbonyl (C=O) groups is 3. The molecular formula is C12H10N4O4. The van der Waals surface area contributed by atoms with Gasteiger partial charge in [0.2, 0.25) is 5.91 Å². The topological polar surface area (TPSA) is 104 Å². The fraction of sp³-hybridized carbons (Fsp3) is 0.167. The quantitative estimate of drug-likeness (QED) is 0.828. The molecule has 2 aromatic heterocycles. The fourth-order valence-electron chi connectivity index (χ4n) is 2.19. The van der Waals surface area contributed by atoms with E-state index in [4.69, 9.17) is 5.11 Å². The monoisotopic (exact) mass is 274 g/mol. The molecule has 0 aromatic carbocycles. The Hall–Kier alpha value is -2.90. The molecular weight excluding hydrogens is 264 g/mol. The van der Waals surface area contributed by atoms with Crippen LogP contribution in [0.2, 0.25) is 0 Å². The second kappa shape index (κ2) is 4.34. The van der Waals surface area contributed by atoms with Crippen molar-refractivity contribution in [3.05, 3.63) is 30.1 Å². The van der Waals surface area contributed by atoms with Crippen LogP contribution < -0.4 is 10.2 Å². The van der Waals surface area contributed by atoms with Crippen LogP contribution >= 0.6 is 0 Å². The molecule has 3 amide bonds. The van der Waals surface area contributed by atoms with E-state index in [2.05, 4.69) is 10.4 Å². The molecule has 0 radical (unpaired) electrons. The molecule has 8 nitrogen and oxygen atoms in total. The van der Waals surface area contributed by atoms with E-state index >= 15 is 0 Å². The highest BCUT2D eigenvalue weighted by molar-refractivity contribution is 6.07. The highest BCUT2D eigenvalue weighted by Gasteiger charge is 2.26. The summed E-state index contributed by atoms with van der Waals surface area (Å²) in [6.07, 6.45) is 1.66. The second-order valence-corrected chi connectivity index (χ2v) is 4.29. The Morgan fingerprint density at radius 2 is 2.10 bits per heavy atom. The molecule has 1 aliphatic heterocycles. The summed E-state index contributed by atoms with van der Waals surface area (Å²) >= 11 is 0. The highest BCUT2D eigenvalue weighted by Crippen LogP contribution is 2.24. The summed E-state index contributed by atoms with van der Waals surface area (Å²) in [4.78, 5) is 35.5. The average molecular weight is 274 g/mol. The zero-order chi connectivity index (χ0) is 14.3. The molecule has 102 valence electrons. The van der Waals surface area contributed by atoms with E-state index < -0.39 is 12.0 Å². The number of carboxylic acid groups (broad SMARTS) is 1. The average Bonchev–Trinajstić information content (AvgIpc) is 2.87. The van der Waals surface area contributed by atoms with Gasteiger partial charge in [-0.3, -0.25) is 15.0 Å². The number of carboxylic acids is 1. The minimum absolute atomic E-state index is 0.00208. The lowest BCUT2D eigenvalue weighted by atomic mass is 10.2. The van der Waals surface area contributed by atoms with Crippen LogP contribution in [0.1, 0.15) is 16.9 Å². The van der Waals surface area contributed by atoms with E-state index in [-0.39, 0.29) is 24.6 Å². The van der Waals surface area contributed by atoms with Crippen molar-refractivity contribution in [3.8, 4) is 0 Å². The Kier molecular flexibility index (Phi) is 2.63. The number of imide groups is 1. The van der Waals surface area contributed by atoms with Crippen LogP contribution in [0, 0.1) is 0 Å². The molecule has 1 fully saturated rings. The lowest BCUT2D eigenvalue weighted by Gasteiger charge is -2.27. The number of carbonyl (C=O) groups excluding carboxylic acids is 2. The molecule has 3 rings (SSSR count). The van der Waals surface area contributed by atoms with Crippen LogP contribution in [0.15, 0.2) is 24.4 Å². The third kappa shape index (κ3) is 1.78. The molecule has 0 spiro atoms. The van der Waals surface area contributed by atoms with Crippen LogP contribution in [-0.4, -0.2) is 39.2 Å². The first-order valence-corrected chi connectivity index (χ1v) is 5.89. The van der Waals surface area contributed by atoms with Crippen LogP contribution in [0.3, 0.4) is 0 Å². The largest absolute Gasteiger partial charge is 0.477 e. The number of aromatic nitrogens is 2. The molecule has 0 aliphatic carbocycles. The number of hydrogen-bond acceptors (Lipinski definition) is 4. The summed E-state index contributed by atoms with van der Waals surface area (Å²) in [6.45, 7) is 0.248. The number of rotatable bonds is 2. The maximum atomic E-state index is 11.8. The number of nitrogens with one attached hydrogen (secondary N) is 1. The molecule has 0 unspecified atom stereocenters. The highest BCUT2D eigenvalue weighted by atomic mass is 16.4. The van der Waals surface area contributed by atoms with Gasteiger partial charge < -0.3 is 5.11 Å². The van der Waals surface area contributed by atoms with E-state index in [9.17, 15) is 14.4 Å². The molecule has 20 heavy (non-hydrogen) atoms. The predicted molar refractivity (Wildman–Crippen MR) is 67.7 cm³/mol. The molecule has 0 saturated carbocycles. The summed E-state index contributed by atoms with van der Waals surface area (Å²) in [5, 5.41) is 15.3. The molecule has 0 bridgehead atoms.